The molecular formula is C19H17Cl2NO5S. The van der Waals surface area contributed by atoms with Crippen LogP contribution >= 0.6 is 23.2 Å². The molecular weight excluding hydrogens is 425 g/mol. The summed E-state index contributed by atoms with van der Waals surface area (Å²) in [6, 6.07) is 10.1. The molecule has 1 aliphatic rings. The fourth-order valence-corrected chi connectivity index (χ4v) is 4.97. The lowest BCUT2D eigenvalue weighted by atomic mass is 10.1. The quantitative estimate of drug-likeness (QED) is 0.502. The highest BCUT2D eigenvalue weighted by Crippen LogP contribution is 2.28. The van der Waals surface area contributed by atoms with Crippen LogP contribution in [0.1, 0.15) is 33.6 Å². The Morgan fingerprint density at radius 3 is 2.21 bits per heavy atom. The van der Waals surface area contributed by atoms with E-state index in [9.17, 15) is 18.0 Å². The number of carbonyl (C=O) groups excluding carboxylic acids is 2. The number of esters is 1. The number of ketones is 1. The molecule has 1 aliphatic heterocycles. The second-order valence-corrected chi connectivity index (χ2v) is 9.01. The minimum absolute atomic E-state index is 0.00563. The van der Waals surface area contributed by atoms with Gasteiger partial charge in [0.05, 0.1) is 10.6 Å². The van der Waals surface area contributed by atoms with Gasteiger partial charge in [0.1, 0.15) is 4.90 Å². The first kappa shape index (κ1) is 20.8. The molecule has 1 fully saturated rings. The highest BCUT2D eigenvalue weighted by atomic mass is 35.5. The molecule has 0 saturated carbocycles. The van der Waals surface area contributed by atoms with Crippen LogP contribution in [0.4, 0.5) is 0 Å². The van der Waals surface area contributed by atoms with Gasteiger partial charge in [-0.05, 0) is 55.3 Å². The molecule has 2 aromatic rings. The van der Waals surface area contributed by atoms with E-state index in [1.54, 1.807) is 12.1 Å². The normalized spacial score (nSPS) is 14.8. The maximum atomic E-state index is 12.7. The van der Waals surface area contributed by atoms with Crippen molar-refractivity contribution in [2.45, 2.75) is 17.7 Å². The van der Waals surface area contributed by atoms with Gasteiger partial charge < -0.3 is 4.74 Å². The molecule has 2 aromatic carbocycles. The third kappa shape index (κ3) is 4.55. The van der Waals surface area contributed by atoms with Crippen LogP contribution in [0.3, 0.4) is 0 Å². The molecule has 0 bridgehead atoms. The molecule has 6 nitrogen and oxygen atoms in total. The molecule has 0 atom stereocenters. The largest absolute Gasteiger partial charge is 0.454 e. The number of halogens is 2. The first-order valence-corrected chi connectivity index (χ1v) is 10.7. The van der Waals surface area contributed by atoms with E-state index in [2.05, 4.69) is 0 Å². The van der Waals surface area contributed by atoms with Gasteiger partial charge in [-0.15, -0.1) is 0 Å². The van der Waals surface area contributed by atoms with E-state index in [1.807, 2.05) is 0 Å². The Morgan fingerprint density at radius 1 is 0.964 bits per heavy atom. The summed E-state index contributed by atoms with van der Waals surface area (Å²) in [5, 5.41) is 0.516. The predicted octanol–water partition coefficient (Wildman–Crippen LogP) is 3.82. The van der Waals surface area contributed by atoms with Gasteiger partial charge in [-0.25, -0.2) is 13.2 Å². The Balaban J connectivity index is 1.73. The van der Waals surface area contributed by atoms with Crippen molar-refractivity contribution < 1.29 is 22.7 Å². The van der Waals surface area contributed by atoms with E-state index in [0.29, 0.717) is 23.7 Å². The van der Waals surface area contributed by atoms with Gasteiger partial charge in [0.25, 0.3) is 0 Å². The monoisotopic (exact) mass is 441 g/mol. The number of benzene rings is 2. The Hall–Kier alpha value is -1.93. The number of carbonyl (C=O) groups is 2. The third-order valence-electron chi connectivity index (χ3n) is 4.35. The highest BCUT2D eigenvalue weighted by Gasteiger charge is 2.30. The third-order valence-corrected chi connectivity index (χ3v) is 6.98. The summed E-state index contributed by atoms with van der Waals surface area (Å²) in [5.41, 5.74) is 0.358. The van der Waals surface area contributed by atoms with Crippen molar-refractivity contribution >= 4 is 45.0 Å². The van der Waals surface area contributed by atoms with E-state index in [0.717, 1.165) is 12.8 Å². The molecule has 28 heavy (non-hydrogen) atoms. The predicted molar refractivity (Wildman–Crippen MR) is 106 cm³/mol. The summed E-state index contributed by atoms with van der Waals surface area (Å²) < 4.78 is 31.8. The van der Waals surface area contributed by atoms with Gasteiger partial charge in [-0.1, -0.05) is 23.2 Å². The molecule has 1 heterocycles. The Bertz CT molecular complexity index is 999. The van der Waals surface area contributed by atoms with E-state index in [4.69, 9.17) is 27.9 Å². The lowest BCUT2D eigenvalue weighted by molar-refractivity contribution is 0.0474. The van der Waals surface area contributed by atoms with Crippen LogP contribution < -0.4 is 0 Å². The first-order valence-electron chi connectivity index (χ1n) is 8.54. The van der Waals surface area contributed by atoms with Gasteiger partial charge in [0.2, 0.25) is 10.0 Å². The van der Waals surface area contributed by atoms with Crippen LogP contribution in [0.5, 0.6) is 0 Å². The van der Waals surface area contributed by atoms with Gasteiger partial charge in [-0.2, -0.15) is 4.31 Å². The number of nitrogens with zero attached hydrogens (tertiary/aromatic N) is 1. The molecule has 9 heteroatoms. The summed E-state index contributed by atoms with van der Waals surface area (Å²) in [4.78, 5) is 24.3. The summed E-state index contributed by atoms with van der Waals surface area (Å²) in [6.45, 7) is 0.364. The Labute approximate surface area is 173 Å². The van der Waals surface area contributed by atoms with Crippen molar-refractivity contribution in [2.24, 2.45) is 0 Å². The van der Waals surface area contributed by atoms with Crippen LogP contribution in [0.15, 0.2) is 47.4 Å². The zero-order valence-corrected chi connectivity index (χ0v) is 17.1. The standard InChI is InChI=1S/C19H17Cl2NO5S/c20-15-6-3-13(4-7-15)17(23)12-27-19(24)14-5-8-16(21)18(11-14)28(25,26)22-9-1-2-10-22/h3-8,11H,1-2,9-10,12H2. The van der Waals surface area contributed by atoms with Gasteiger partial charge >= 0.3 is 5.97 Å². The van der Waals surface area contributed by atoms with Crippen molar-refractivity contribution in [1.29, 1.82) is 0 Å². The lowest BCUT2D eigenvalue weighted by Crippen LogP contribution is -2.28. The van der Waals surface area contributed by atoms with Crippen LogP contribution in [-0.2, 0) is 14.8 Å². The number of ether oxygens (including phenoxy) is 1. The van der Waals surface area contributed by atoms with Crippen molar-refractivity contribution in [3.05, 3.63) is 63.6 Å². The zero-order chi connectivity index (χ0) is 20.3. The maximum Gasteiger partial charge on any atom is 0.338 e. The molecule has 0 radical (unpaired) electrons. The van der Waals surface area contributed by atoms with E-state index < -0.39 is 28.4 Å². The molecule has 0 spiro atoms. The second kappa shape index (κ2) is 8.61. The molecule has 1 saturated heterocycles. The van der Waals surface area contributed by atoms with Crippen molar-refractivity contribution in [3.8, 4) is 0 Å². The van der Waals surface area contributed by atoms with E-state index >= 15 is 0 Å². The number of hydrogen-bond acceptors (Lipinski definition) is 5. The number of Topliss-reactive ketones (excluding diaryl/α,β-unsaturated/α-hetero) is 1. The smallest absolute Gasteiger partial charge is 0.338 e. The van der Waals surface area contributed by atoms with Gasteiger partial charge in [0, 0.05) is 23.7 Å². The molecule has 0 aromatic heterocycles. The molecule has 0 N–H and O–H groups in total. The van der Waals surface area contributed by atoms with Gasteiger partial charge in [-0.3, -0.25) is 4.79 Å². The van der Waals surface area contributed by atoms with Crippen molar-refractivity contribution in [1.82, 2.24) is 4.31 Å². The van der Waals surface area contributed by atoms with Crippen molar-refractivity contribution in [3.63, 3.8) is 0 Å². The minimum Gasteiger partial charge on any atom is -0.454 e. The summed E-state index contributed by atoms with van der Waals surface area (Å²) in [5.74, 6) is -1.21. The van der Waals surface area contributed by atoms with Crippen molar-refractivity contribution in [2.75, 3.05) is 19.7 Å². The lowest BCUT2D eigenvalue weighted by Gasteiger charge is -2.17. The average molecular weight is 442 g/mol. The summed E-state index contributed by atoms with van der Waals surface area (Å²) in [6.07, 6.45) is 1.57. The van der Waals surface area contributed by atoms with E-state index in [1.165, 1.54) is 34.6 Å². The van der Waals surface area contributed by atoms with Crippen LogP contribution in [0, 0.1) is 0 Å². The van der Waals surface area contributed by atoms with E-state index in [-0.39, 0.29) is 15.5 Å². The molecule has 0 unspecified atom stereocenters. The molecule has 3 rings (SSSR count). The number of rotatable bonds is 6. The van der Waals surface area contributed by atoms with Crippen LogP contribution in [0.25, 0.3) is 0 Å². The fraction of sp³-hybridized carbons (Fsp3) is 0.263. The topological polar surface area (TPSA) is 80.8 Å². The molecule has 148 valence electrons. The summed E-state index contributed by atoms with van der Waals surface area (Å²) >= 11 is 11.8. The van der Waals surface area contributed by atoms with Crippen LogP contribution in [0.2, 0.25) is 10.0 Å². The SMILES string of the molecule is O=C(COC(=O)c1ccc(Cl)c(S(=O)(=O)N2CCCC2)c1)c1ccc(Cl)cc1. The fourth-order valence-electron chi connectivity index (χ4n) is 2.83. The second-order valence-electron chi connectivity index (χ2n) is 6.26. The number of sulfonamides is 1. The van der Waals surface area contributed by atoms with Crippen LogP contribution in [-0.4, -0.2) is 44.2 Å². The molecule has 0 amide bonds. The zero-order valence-electron chi connectivity index (χ0n) is 14.7. The van der Waals surface area contributed by atoms with Gasteiger partial charge in [0.15, 0.2) is 12.4 Å². The first-order chi connectivity index (χ1) is 13.3. The Kier molecular flexibility index (Phi) is 6.40. The minimum atomic E-state index is -3.79. The average Bonchev–Trinajstić information content (AvgIpc) is 3.22. The summed E-state index contributed by atoms with van der Waals surface area (Å²) in [7, 11) is -3.79. The Morgan fingerprint density at radius 2 is 1.57 bits per heavy atom. The maximum absolute atomic E-state index is 12.7. The highest BCUT2D eigenvalue weighted by molar-refractivity contribution is 7.89. The number of hydrogen-bond donors (Lipinski definition) is 0. The molecule has 0 aliphatic carbocycles.